The maximum atomic E-state index is 12.6. The summed E-state index contributed by atoms with van der Waals surface area (Å²) in [7, 11) is 0. The monoisotopic (exact) mass is 403 g/mol. The van der Waals surface area contributed by atoms with E-state index in [1.165, 1.54) is 17.2 Å². The van der Waals surface area contributed by atoms with Crippen LogP contribution in [0, 0.1) is 22.7 Å². The number of carbonyl (C=O) groups excluding carboxylic acids is 1. The molecule has 2 aromatic heterocycles. The molecule has 1 amide bonds. The van der Waals surface area contributed by atoms with E-state index in [1.54, 1.807) is 30.3 Å². The molecule has 2 heterocycles. The number of hydrogen-bond donors (Lipinski definition) is 1. The average Bonchev–Trinajstić information content (AvgIpc) is 3.42. The van der Waals surface area contributed by atoms with Crippen LogP contribution in [0.1, 0.15) is 40.2 Å². The molecular weight excluding hydrogens is 390 g/mol. The van der Waals surface area contributed by atoms with Crippen molar-refractivity contribution in [2.24, 2.45) is 0 Å². The summed E-state index contributed by atoms with van der Waals surface area (Å²) < 4.78 is 1.49. The second-order valence-electron chi connectivity index (χ2n) is 6.71. The number of nitriles is 2. The van der Waals surface area contributed by atoms with Gasteiger partial charge in [0.05, 0.1) is 23.6 Å². The highest BCUT2D eigenvalue weighted by Crippen LogP contribution is 2.48. The third kappa shape index (κ3) is 3.66. The second kappa shape index (κ2) is 7.34. The molecule has 9 heteroatoms. The van der Waals surface area contributed by atoms with Crippen LogP contribution in [0.4, 0.5) is 0 Å². The van der Waals surface area contributed by atoms with Crippen molar-refractivity contribution >= 4 is 17.5 Å². The number of benzene rings is 1. The summed E-state index contributed by atoms with van der Waals surface area (Å²) in [5, 5.41) is 25.6. The SMILES string of the molecule is N#Cc1ccc(-n2ncnc2CNC(=O)c2cc(Cl)cc(C3(C#N)CC3)c2)nc1. The van der Waals surface area contributed by atoms with E-state index >= 15 is 0 Å². The molecule has 1 saturated carbocycles. The number of rotatable bonds is 5. The minimum absolute atomic E-state index is 0.117. The van der Waals surface area contributed by atoms with Gasteiger partial charge in [-0.05, 0) is 48.7 Å². The first-order chi connectivity index (χ1) is 14.0. The number of nitrogens with zero attached hydrogens (tertiary/aromatic N) is 6. The summed E-state index contributed by atoms with van der Waals surface area (Å²) in [6.45, 7) is 0.117. The first kappa shape index (κ1) is 18.6. The number of carbonyl (C=O) groups is 1. The number of amides is 1. The molecule has 0 saturated heterocycles. The van der Waals surface area contributed by atoms with Gasteiger partial charge in [0.15, 0.2) is 11.6 Å². The fourth-order valence-electron chi connectivity index (χ4n) is 3.00. The van der Waals surface area contributed by atoms with Gasteiger partial charge in [-0.25, -0.2) is 9.97 Å². The van der Waals surface area contributed by atoms with E-state index in [2.05, 4.69) is 26.5 Å². The molecule has 0 spiro atoms. The van der Waals surface area contributed by atoms with E-state index in [1.807, 2.05) is 6.07 Å². The van der Waals surface area contributed by atoms with E-state index in [0.717, 1.165) is 18.4 Å². The predicted octanol–water partition coefficient (Wildman–Crippen LogP) is 2.67. The molecule has 29 heavy (non-hydrogen) atoms. The molecule has 0 unspecified atom stereocenters. The van der Waals surface area contributed by atoms with Crippen LogP contribution in [0.5, 0.6) is 0 Å². The first-order valence-electron chi connectivity index (χ1n) is 8.80. The Bertz CT molecular complexity index is 1170. The lowest BCUT2D eigenvalue weighted by atomic mass is 9.95. The Kier molecular flexibility index (Phi) is 4.71. The summed E-state index contributed by atoms with van der Waals surface area (Å²) in [4.78, 5) is 21.0. The molecular formula is C20H14ClN7O. The maximum Gasteiger partial charge on any atom is 0.251 e. The molecule has 0 bridgehead atoms. The van der Waals surface area contributed by atoms with Gasteiger partial charge in [0.25, 0.3) is 5.91 Å². The smallest absolute Gasteiger partial charge is 0.251 e. The van der Waals surface area contributed by atoms with Gasteiger partial charge in [-0.15, -0.1) is 0 Å². The highest BCUT2D eigenvalue weighted by Gasteiger charge is 2.45. The van der Waals surface area contributed by atoms with Crippen molar-refractivity contribution in [1.82, 2.24) is 25.1 Å². The third-order valence-corrected chi connectivity index (χ3v) is 5.01. The zero-order chi connectivity index (χ0) is 20.4. The highest BCUT2D eigenvalue weighted by molar-refractivity contribution is 6.31. The largest absolute Gasteiger partial charge is 0.345 e. The lowest BCUT2D eigenvalue weighted by Crippen LogP contribution is -2.25. The minimum Gasteiger partial charge on any atom is -0.345 e. The van der Waals surface area contributed by atoms with Crippen molar-refractivity contribution in [1.29, 1.82) is 10.5 Å². The van der Waals surface area contributed by atoms with Gasteiger partial charge in [-0.1, -0.05) is 11.6 Å². The van der Waals surface area contributed by atoms with Gasteiger partial charge >= 0.3 is 0 Å². The molecule has 1 aliphatic carbocycles. The van der Waals surface area contributed by atoms with Crippen LogP contribution in [0.25, 0.3) is 5.82 Å². The second-order valence-corrected chi connectivity index (χ2v) is 7.15. The van der Waals surface area contributed by atoms with Crippen molar-refractivity contribution in [3.8, 4) is 18.0 Å². The third-order valence-electron chi connectivity index (χ3n) is 4.80. The average molecular weight is 404 g/mol. The predicted molar refractivity (Wildman–Crippen MR) is 103 cm³/mol. The fourth-order valence-corrected chi connectivity index (χ4v) is 3.24. The van der Waals surface area contributed by atoms with Gasteiger partial charge < -0.3 is 5.32 Å². The molecule has 1 aliphatic rings. The van der Waals surface area contributed by atoms with Crippen LogP contribution in [0.2, 0.25) is 5.02 Å². The van der Waals surface area contributed by atoms with Crippen LogP contribution in [-0.4, -0.2) is 25.7 Å². The van der Waals surface area contributed by atoms with Crippen molar-refractivity contribution in [3.63, 3.8) is 0 Å². The topological polar surface area (TPSA) is 120 Å². The standard InChI is InChI=1S/C20H14ClN7O/c21-16-6-14(5-15(7-16)20(11-23)3-4-20)19(29)25-10-18-26-12-27-28(18)17-2-1-13(8-22)9-24-17/h1-2,5-7,9,12H,3-4,10H2,(H,25,29). The number of nitrogens with one attached hydrogen (secondary N) is 1. The van der Waals surface area contributed by atoms with Crippen molar-refractivity contribution in [3.05, 3.63) is 70.4 Å². The molecule has 0 atom stereocenters. The molecule has 3 aromatic rings. The Hall–Kier alpha value is -3.75. The van der Waals surface area contributed by atoms with E-state index in [0.29, 0.717) is 27.8 Å². The molecule has 1 N–H and O–H groups in total. The summed E-state index contributed by atoms with van der Waals surface area (Å²) in [5.41, 5.74) is 1.06. The summed E-state index contributed by atoms with van der Waals surface area (Å²) >= 11 is 6.17. The Labute approximate surface area is 171 Å². The van der Waals surface area contributed by atoms with Crippen LogP contribution < -0.4 is 5.32 Å². The zero-order valence-electron chi connectivity index (χ0n) is 15.1. The molecule has 8 nitrogen and oxygen atoms in total. The number of hydrogen-bond acceptors (Lipinski definition) is 6. The zero-order valence-corrected chi connectivity index (χ0v) is 15.9. The number of halogens is 1. The minimum atomic E-state index is -0.526. The van der Waals surface area contributed by atoms with Crippen LogP contribution in [-0.2, 0) is 12.0 Å². The molecule has 0 aliphatic heterocycles. The highest BCUT2D eigenvalue weighted by atomic mass is 35.5. The first-order valence-corrected chi connectivity index (χ1v) is 9.18. The Morgan fingerprint density at radius 2 is 2.07 bits per heavy atom. The molecule has 0 radical (unpaired) electrons. The van der Waals surface area contributed by atoms with E-state index in [9.17, 15) is 10.1 Å². The van der Waals surface area contributed by atoms with Crippen molar-refractivity contribution in [2.75, 3.05) is 0 Å². The Balaban J connectivity index is 1.51. The lowest BCUT2D eigenvalue weighted by molar-refractivity contribution is 0.0949. The van der Waals surface area contributed by atoms with Crippen LogP contribution in [0.3, 0.4) is 0 Å². The molecule has 4 rings (SSSR count). The van der Waals surface area contributed by atoms with Crippen LogP contribution >= 0.6 is 11.6 Å². The number of pyridine rings is 1. The van der Waals surface area contributed by atoms with Gasteiger partial charge in [-0.2, -0.15) is 20.3 Å². The van der Waals surface area contributed by atoms with Gasteiger partial charge in [0.2, 0.25) is 0 Å². The lowest BCUT2D eigenvalue weighted by Gasteiger charge is -2.11. The van der Waals surface area contributed by atoms with Gasteiger partial charge in [0.1, 0.15) is 12.4 Å². The Morgan fingerprint density at radius 3 is 2.72 bits per heavy atom. The van der Waals surface area contributed by atoms with E-state index in [-0.39, 0.29) is 12.5 Å². The fraction of sp³-hybridized carbons (Fsp3) is 0.200. The van der Waals surface area contributed by atoms with Crippen LogP contribution in [0.15, 0.2) is 42.9 Å². The van der Waals surface area contributed by atoms with Crippen molar-refractivity contribution < 1.29 is 4.79 Å². The summed E-state index contributed by atoms with van der Waals surface area (Å²) in [5.74, 6) is 0.638. The molecule has 142 valence electrons. The van der Waals surface area contributed by atoms with Gasteiger partial charge in [-0.3, -0.25) is 4.79 Å². The summed E-state index contributed by atoms with van der Waals surface area (Å²) in [6.07, 6.45) is 4.34. The van der Waals surface area contributed by atoms with E-state index in [4.69, 9.17) is 16.9 Å². The molecule has 1 fully saturated rings. The van der Waals surface area contributed by atoms with Gasteiger partial charge in [0, 0.05) is 16.8 Å². The van der Waals surface area contributed by atoms with Crippen molar-refractivity contribution in [2.45, 2.75) is 24.8 Å². The maximum absolute atomic E-state index is 12.6. The normalized spacial score (nSPS) is 13.9. The quantitative estimate of drug-likeness (QED) is 0.699. The number of aromatic nitrogens is 4. The summed E-state index contributed by atoms with van der Waals surface area (Å²) in [6, 6.07) is 12.6. The molecule has 1 aromatic carbocycles. The Morgan fingerprint density at radius 1 is 1.24 bits per heavy atom. The van der Waals surface area contributed by atoms with E-state index < -0.39 is 5.41 Å².